The number of nitrogens with zero attached hydrogens (tertiary/aromatic N) is 2. The van der Waals surface area contributed by atoms with E-state index in [4.69, 9.17) is 4.42 Å². The highest BCUT2D eigenvalue weighted by molar-refractivity contribution is 5.83. The van der Waals surface area contributed by atoms with E-state index in [2.05, 4.69) is 10.2 Å². The highest BCUT2D eigenvalue weighted by atomic mass is 16.3. The summed E-state index contributed by atoms with van der Waals surface area (Å²) < 4.78 is 5.50. The van der Waals surface area contributed by atoms with Crippen molar-refractivity contribution in [3.63, 3.8) is 0 Å². The molecule has 6 heteroatoms. The van der Waals surface area contributed by atoms with Crippen LogP contribution in [0, 0.1) is 0 Å². The Morgan fingerprint density at radius 1 is 1.43 bits per heavy atom. The first-order chi connectivity index (χ1) is 10.1. The highest BCUT2D eigenvalue weighted by Crippen LogP contribution is 2.24. The first kappa shape index (κ1) is 15.6. The summed E-state index contributed by atoms with van der Waals surface area (Å²) in [5.41, 5.74) is 0. The van der Waals surface area contributed by atoms with Gasteiger partial charge < -0.3 is 14.6 Å². The summed E-state index contributed by atoms with van der Waals surface area (Å²) in [5, 5.41) is 2.90. The molecule has 0 unspecified atom stereocenters. The lowest BCUT2D eigenvalue weighted by Crippen LogP contribution is -2.41. The van der Waals surface area contributed by atoms with E-state index in [9.17, 15) is 9.59 Å². The molecule has 1 aliphatic rings. The number of furan rings is 1. The molecule has 0 radical (unpaired) electrons. The van der Waals surface area contributed by atoms with Crippen molar-refractivity contribution < 1.29 is 14.0 Å². The predicted octanol–water partition coefficient (Wildman–Crippen LogP) is 1.01. The molecular formula is C15H23N3O3. The maximum absolute atomic E-state index is 11.9. The van der Waals surface area contributed by atoms with Gasteiger partial charge in [0, 0.05) is 20.5 Å². The largest absolute Gasteiger partial charge is 0.468 e. The van der Waals surface area contributed by atoms with Gasteiger partial charge in [-0.2, -0.15) is 0 Å². The van der Waals surface area contributed by atoms with E-state index in [1.165, 1.54) is 24.7 Å². The third-order valence-corrected chi connectivity index (χ3v) is 3.86. The summed E-state index contributed by atoms with van der Waals surface area (Å²) >= 11 is 0. The van der Waals surface area contributed by atoms with Crippen molar-refractivity contribution in [1.82, 2.24) is 15.1 Å². The first-order valence-corrected chi connectivity index (χ1v) is 7.34. The smallest absolute Gasteiger partial charge is 0.239 e. The molecule has 1 aromatic rings. The van der Waals surface area contributed by atoms with Gasteiger partial charge in [-0.25, -0.2) is 0 Å². The van der Waals surface area contributed by atoms with E-state index in [1.807, 2.05) is 12.1 Å². The number of nitrogens with one attached hydrogen (secondary N) is 1. The van der Waals surface area contributed by atoms with Gasteiger partial charge in [0.25, 0.3) is 0 Å². The molecule has 2 rings (SSSR count). The minimum Gasteiger partial charge on any atom is -0.468 e. The Morgan fingerprint density at radius 3 is 2.71 bits per heavy atom. The van der Waals surface area contributed by atoms with Gasteiger partial charge >= 0.3 is 0 Å². The molecule has 1 atom stereocenters. The molecule has 1 aliphatic heterocycles. The second-order valence-electron chi connectivity index (χ2n) is 5.45. The Bertz CT molecular complexity index is 467. The summed E-state index contributed by atoms with van der Waals surface area (Å²) in [5.74, 6) is 0.604. The molecule has 21 heavy (non-hydrogen) atoms. The van der Waals surface area contributed by atoms with Crippen LogP contribution in [-0.2, 0) is 9.59 Å². The fraction of sp³-hybridized carbons (Fsp3) is 0.600. The molecule has 1 N–H and O–H groups in total. The Hall–Kier alpha value is -1.82. The molecule has 1 aromatic heterocycles. The summed E-state index contributed by atoms with van der Waals surface area (Å²) in [4.78, 5) is 26.8. The molecular weight excluding hydrogens is 270 g/mol. The number of rotatable bonds is 6. The molecule has 6 nitrogen and oxygen atoms in total. The zero-order chi connectivity index (χ0) is 15.2. The molecule has 0 spiro atoms. The van der Waals surface area contributed by atoms with Gasteiger partial charge in [0.1, 0.15) is 5.76 Å². The van der Waals surface area contributed by atoms with Crippen LogP contribution in [0.15, 0.2) is 22.8 Å². The van der Waals surface area contributed by atoms with Crippen LogP contribution in [0.3, 0.4) is 0 Å². The van der Waals surface area contributed by atoms with Gasteiger partial charge in [0.15, 0.2) is 0 Å². The number of hydrogen-bond donors (Lipinski definition) is 1. The summed E-state index contributed by atoms with van der Waals surface area (Å²) in [6, 6.07) is 3.87. The first-order valence-electron chi connectivity index (χ1n) is 7.34. The number of likely N-dealkylation sites (tertiary alicyclic amines) is 1. The van der Waals surface area contributed by atoms with Crippen molar-refractivity contribution in [2.45, 2.75) is 25.8 Å². The average molecular weight is 293 g/mol. The molecule has 0 aromatic carbocycles. The molecule has 0 saturated carbocycles. The number of amides is 2. The molecule has 2 amide bonds. The Kier molecular flexibility index (Phi) is 5.38. The fourth-order valence-corrected chi connectivity index (χ4v) is 2.54. The second-order valence-corrected chi connectivity index (χ2v) is 5.45. The van der Waals surface area contributed by atoms with Crippen LogP contribution in [-0.4, -0.2) is 54.8 Å². The quantitative estimate of drug-likeness (QED) is 0.850. The van der Waals surface area contributed by atoms with Crippen molar-refractivity contribution >= 4 is 11.8 Å². The summed E-state index contributed by atoms with van der Waals surface area (Å²) in [6.07, 6.45) is 4.01. The zero-order valence-electron chi connectivity index (χ0n) is 12.7. The highest BCUT2D eigenvalue weighted by Gasteiger charge is 2.26. The summed E-state index contributed by atoms with van der Waals surface area (Å²) in [6.45, 7) is 4.07. The second kappa shape index (κ2) is 7.26. The van der Waals surface area contributed by atoms with E-state index >= 15 is 0 Å². The number of carbonyl (C=O) groups excluding carboxylic acids is 2. The Morgan fingerprint density at radius 2 is 2.14 bits per heavy atom. The number of carbonyl (C=O) groups is 2. The van der Waals surface area contributed by atoms with Crippen molar-refractivity contribution in [2.75, 3.05) is 33.2 Å². The topological polar surface area (TPSA) is 65.8 Å². The van der Waals surface area contributed by atoms with Gasteiger partial charge in [0.05, 0.1) is 18.8 Å². The van der Waals surface area contributed by atoms with Crippen LogP contribution >= 0.6 is 0 Å². The maximum Gasteiger partial charge on any atom is 0.239 e. The minimum absolute atomic E-state index is 0.0640. The van der Waals surface area contributed by atoms with E-state index < -0.39 is 0 Å². The van der Waals surface area contributed by atoms with Crippen LogP contribution in [0.4, 0.5) is 0 Å². The molecule has 1 saturated heterocycles. The number of hydrogen-bond acceptors (Lipinski definition) is 4. The zero-order valence-corrected chi connectivity index (χ0v) is 12.7. The lowest BCUT2D eigenvalue weighted by molar-refractivity contribution is -0.133. The Balaban J connectivity index is 1.90. The van der Waals surface area contributed by atoms with Gasteiger partial charge in [-0.1, -0.05) is 0 Å². The summed E-state index contributed by atoms with van der Waals surface area (Å²) in [7, 11) is 1.62. The number of likely N-dealkylation sites (N-methyl/N-ethyl adjacent to an activating group) is 1. The van der Waals surface area contributed by atoms with Gasteiger partial charge in [-0.15, -0.1) is 0 Å². The van der Waals surface area contributed by atoms with E-state index in [0.29, 0.717) is 6.54 Å². The minimum atomic E-state index is -0.150. The average Bonchev–Trinajstić information content (AvgIpc) is 3.11. The molecule has 116 valence electrons. The third-order valence-electron chi connectivity index (χ3n) is 3.86. The third kappa shape index (κ3) is 4.32. The van der Waals surface area contributed by atoms with Crippen LogP contribution in [0.5, 0.6) is 0 Å². The van der Waals surface area contributed by atoms with Crippen molar-refractivity contribution in [2.24, 2.45) is 0 Å². The van der Waals surface area contributed by atoms with Gasteiger partial charge in [-0.05, 0) is 38.1 Å². The molecule has 0 aliphatic carbocycles. The lowest BCUT2D eigenvalue weighted by Gasteiger charge is -2.26. The monoisotopic (exact) mass is 293 g/mol. The van der Waals surface area contributed by atoms with Crippen molar-refractivity contribution in [1.29, 1.82) is 0 Å². The SMILES string of the molecule is CC(=O)N(C)CC(=O)NC[C@@H](c1ccco1)N1CCCC1. The van der Waals surface area contributed by atoms with E-state index in [1.54, 1.807) is 13.3 Å². The van der Waals surface area contributed by atoms with E-state index in [-0.39, 0.29) is 24.4 Å². The van der Waals surface area contributed by atoms with Crippen molar-refractivity contribution in [3.8, 4) is 0 Å². The lowest BCUT2D eigenvalue weighted by atomic mass is 10.2. The van der Waals surface area contributed by atoms with Gasteiger partial charge in [0.2, 0.25) is 11.8 Å². The molecule has 1 fully saturated rings. The Labute approximate surface area is 125 Å². The van der Waals surface area contributed by atoms with Gasteiger partial charge in [-0.3, -0.25) is 14.5 Å². The van der Waals surface area contributed by atoms with Crippen LogP contribution in [0.1, 0.15) is 31.6 Å². The fourth-order valence-electron chi connectivity index (χ4n) is 2.54. The van der Waals surface area contributed by atoms with Crippen LogP contribution < -0.4 is 5.32 Å². The maximum atomic E-state index is 11.9. The standard InChI is InChI=1S/C15H23N3O3/c1-12(19)17(2)11-15(20)16-10-13(14-6-5-9-21-14)18-7-3-4-8-18/h5-6,9,13H,3-4,7-8,10-11H2,1-2H3,(H,16,20)/t13-/m0/s1. The predicted molar refractivity (Wildman–Crippen MR) is 78.6 cm³/mol. The van der Waals surface area contributed by atoms with Crippen molar-refractivity contribution in [3.05, 3.63) is 24.2 Å². The molecule has 2 heterocycles. The van der Waals surface area contributed by atoms with E-state index in [0.717, 1.165) is 18.8 Å². The van der Waals surface area contributed by atoms with Crippen LogP contribution in [0.25, 0.3) is 0 Å². The molecule has 0 bridgehead atoms. The normalized spacial score (nSPS) is 16.7. The van der Waals surface area contributed by atoms with Crippen LogP contribution in [0.2, 0.25) is 0 Å².